The maximum absolute atomic E-state index is 13.0. The molecule has 2 aromatic rings. The Hall–Kier alpha value is -1.84. The number of thioether (sulfide) groups is 1. The first-order valence-electron chi connectivity index (χ1n) is 8.45. The minimum atomic E-state index is -3.80. The molecule has 1 amide bonds. The third-order valence-corrected chi connectivity index (χ3v) is 6.94. The Morgan fingerprint density at radius 3 is 2.50 bits per heavy atom. The first-order chi connectivity index (χ1) is 12.4. The molecule has 1 aliphatic rings. The van der Waals surface area contributed by atoms with E-state index < -0.39 is 15.9 Å². The van der Waals surface area contributed by atoms with Crippen molar-refractivity contribution in [1.29, 1.82) is 0 Å². The number of hydrogen-bond donors (Lipinski definition) is 1. The molecule has 3 rings (SSSR count). The molecule has 1 aromatic heterocycles. The van der Waals surface area contributed by atoms with Gasteiger partial charge in [-0.3, -0.25) is 9.48 Å². The highest BCUT2D eigenvalue weighted by atomic mass is 32.2. The van der Waals surface area contributed by atoms with Crippen LogP contribution in [0, 0.1) is 6.92 Å². The number of sulfonamides is 1. The molecule has 0 saturated carbocycles. The zero-order chi connectivity index (χ0) is 18.7. The Balaban J connectivity index is 1.92. The number of anilines is 1. The number of aryl methyl sites for hydroxylation is 2. The molecule has 0 radical (unpaired) electrons. The Morgan fingerprint density at radius 1 is 1.23 bits per heavy atom. The van der Waals surface area contributed by atoms with E-state index >= 15 is 0 Å². The van der Waals surface area contributed by atoms with Crippen molar-refractivity contribution in [3.63, 3.8) is 0 Å². The molecule has 140 valence electrons. The van der Waals surface area contributed by atoms with Crippen LogP contribution in [0.4, 0.5) is 5.69 Å². The van der Waals surface area contributed by atoms with Crippen LogP contribution in [-0.4, -0.2) is 53.0 Å². The molecule has 26 heavy (non-hydrogen) atoms. The first-order valence-corrected chi connectivity index (χ1v) is 11.0. The molecule has 0 unspecified atom stereocenters. The summed E-state index contributed by atoms with van der Waals surface area (Å²) in [5, 5.41) is 6.76. The lowest BCUT2D eigenvalue weighted by molar-refractivity contribution is 0.102. The van der Waals surface area contributed by atoms with Crippen molar-refractivity contribution < 1.29 is 13.2 Å². The zero-order valence-corrected chi connectivity index (χ0v) is 16.4. The molecule has 2 heterocycles. The van der Waals surface area contributed by atoms with Crippen LogP contribution in [0.25, 0.3) is 0 Å². The van der Waals surface area contributed by atoms with Crippen LogP contribution < -0.4 is 5.32 Å². The summed E-state index contributed by atoms with van der Waals surface area (Å²) in [5.41, 5.74) is 1.77. The van der Waals surface area contributed by atoms with Crippen LogP contribution in [0.1, 0.15) is 22.8 Å². The van der Waals surface area contributed by atoms with Gasteiger partial charge in [-0.05, 0) is 26.0 Å². The molecule has 1 N–H and O–H groups in total. The SMILES string of the molecule is CCn1cc(C(=O)Nc2ccc(C)cc2)c(S(=O)(=O)N2CCSCC2)n1. The summed E-state index contributed by atoms with van der Waals surface area (Å²) < 4.78 is 28.9. The number of rotatable bonds is 5. The van der Waals surface area contributed by atoms with Crippen LogP contribution >= 0.6 is 11.8 Å². The van der Waals surface area contributed by atoms with Crippen LogP contribution in [0.2, 0.25) is 0 Å². The van der Waals surface area contributed by atoms with E-state index in [9.17, 15) is 13.2 Å². The maximum atomic E-state index is 13.0. The monoisotopic (exact) mass is 394 g/mol. The quantitative estimate of drug-likeness (QED) is 0.840. The summed E-state index contributed by atoms with van der Waals surface area (Å²) in [6.45, 7) is 5.16. The fourth-order valence-electron chi connectivity index (χ4n) is 2.66. The van der Waals surface area contributed by atoms with E-state index in [1.807, 2.05) is 26.0 Å². The van der Waals surface area contributed by atoms with E-state index in [0.29, 0.717) is 25.3 Å². The van der Waals surface area contributed by atoms with E-state index in [-0.39, 0.29) is 10.6 Å². The number of hydrogen-bond acceptors (Lipinski definition) is 5. The van der Waals surface area contributed by atoms with Crippen LogP contribution in [-0.2, 0) is 16.6 Å². The zero-order valence-electron chi connectivity index (χ0n) is 14.8. The van der Waals surface area contributed by atoms with Gasteiger partial charge >= 0.3 is 0 Å². The summed E-state index contributed by atoms with van der Waals surface area (Å²) in [7, 11) is -3.80. The van der Waals surface area contributed by atoms with E-state index in [1.165, 1.54) is 15.2 Å². The van der Waals surface area contributed by atoms with Gasteiger partial charge in [0.15, 0.2) is 0 Å². The van der Waals surface area contributed by atoms with Crippen LogP contribution in [0.5, 0.6) is 0 Å². The lowest BCUT2D eigenvalue weighted by Gasteiger charge is -2.24. The fraction of sp³-hybridized carbons (Fsp3) is 0.412. The van der Waals surface area contributed by atoms with Gasteiger partial charge in [0.25, 0.3) is 15.9 Å². The molecule has 0 aliphatic carbocycles. The van der Waals surface area contributed by atoms with Crippen molar-refractivity contribution >= 4 is 33.4 Å². The van der Waals surface area contributed by atoms with Crippen molar-refractivity contribution in [2.75, 3.05) is 29.9 Å². The van der Waals surface area contributed by atoms with Crippen molar-refractivity contribution in [2.24, 2.45) is 0 Å². The largest absolute Gasteiger partial charge is 0.322 e. The highest BCUT2D eigenvalue weighted by Crippen LogP contribution is 2.23. The molecule has 1 aromatic carbocycles. The predicted octanol–water partition coefficient (Wildman–Crippen LogP) is 2.20. The van der Waals surface area contributed by atoms with Crippen LogP contribution in [0.15, 0.2) is 35.5 Å². The average Bonchev–Trinajstić information content (AvgIpc) is 3.10. The molecular weight excluding hydrogens is 372 g/mol. The lowest BCUT2D eigenvalue weighted by atomic mass is 10.2. The van der Waals surface area contributed by atoms with Gasteiger partial charge in [0.05, 0.1) is 5.56 Å². The molecule has 0 atom stereocenters. The summed E-state index contributed by atoms with van der Waals surface area (Å²) in [5.74, 6) is 1.02. The van der Waals surface area contributed by atoms with Gasteiger partial charge < -0.3 is 5.32 Å². The van der Waals surface area contributed by atoms with Gasteiger partial charge in [0, 0.05) is 43.0 Å². The van der Waals surface area contributed by atoms with Gasteiger partial charge in [-0.1, -0.05) is 17.7 Å². The van der Waals surface area contributed by atoms with Gasteiger partial charge in [0.2, 0.25) is 5.03 Å². The second kappa shape index (κ2) is 7.81. The van der Waals surface area contributed by atoms with Crippen molar-refractivity contribution in [3.05, 3.63) is 41.6 Å². The summed E-state index contributed by atoms with van der Waals surface area (Å²) in [6.07, 6.45) is 1.50. The second-order valence-corrected chi connectivity index (χ2v) is 9.12. The second-order valence-electron chi connectivity index (χ2n) is 6.04. The first kappa shape index (κ1) is 18.9. The predicted molar refractivity (Wildman–Crippen MR) is 103 cm³/mol. The number of nitrogens with one attached hydrogen (secondary N) is 1. The standard InChI is InChI=1S/C17H22N4O3S2/c1-3-20-12-15(16(22)18-14-6-4-13(2)5-7-14)17(19-20)26(23,24)21-8-10-25-11-9-21/h4-7,12H,3,8-11H2,1-2H3,(H,18,22). The van der Waals surface area contributed by atoms with Crippen molar-refractivity contribution in [3.8, 4) is 0 Å². The number of aromatic nitrogens is 2. The average molecular weight is 395 g/mol. The Bertz CT molecular complexity index is 885. The summed E-state index contributed by atoms with van der Waals surface area (Å²) in [4.78, 5) is 12.7. The molecule has 1 fully saturated rings. The minimum Gasteiger partial charge on any atom is -0.322 e. The number of carbonyl (C=O) groups is 1. The van der Waals surface area contributed by atoms with Gasteiger partial charge in [0.1, 0.15) is 0 Å². The normalized spacial score (nSPS) is 15.8. The van der Waals surface area contributed by atoms with Crippen molar-refractivity contribution in [2.45, 2.75) is 25.4 Å². The smallest absolute Gasteiger partial charge is 0.263 e. The molecular formula is C17H22N4O3S2. The topological polar surface area (TPSA) is 84.3 Å². The number of amides is 1. The Kier molecular flexibility index (Phi) is 5.69. The molecule has 1 aliphatic heterocycles. The highest BCUT2D eigenvalue weighted by Gasteiger charge is 2.33. The van der Waals surface area contributed by atoms with Crippen molar-refractivity contribution in [1.82, 2.24) is 14.1 Å². The van der Waals surface area contributed by atoms with E-state index in [2.05, 4.69) is 10.4 Å². The minimum absolute atomic E-state index is 0.0747. The van der Waals surface area contributed by atoms with Gasteiger partial charge in [-0.25, -0.2) is 8.42 Å². The third kappa shape index (κ3) is 3.94. The fourth-order valence-corrected chi connectivity index (χ4v) is 5.33. The molecule has 1 saturated heterocycles. The third-order valence-electron chi connectivity index (χ3n) is 4.16. The van der Waals surface area contributed by atoms with E-state index in [4.69, 9.17) is 0 Å². The molecule has 7 nitrogen and oxygen atoms in total. The number of carbonyl (C=O) groups excluding carboxylic acids is 1. The van der Waals surface area contributed by atoms with Gasteiger partial charge in [-0.15, -0.1) is 0 Å². The summed E-state index contributed by atoms with van der Waals surface area (Å²) >= 11 is 1.72. The van der Waals surface area contributed by atoms with Gasteiger partial charge in [-0.2, -0.15) is 21.2 Å². The molecule has 0 spiro atoms. The maximum Gasteiger partial charge on any atom is 0.263 e. The highest BCUT2D eigenvalue weighted by molar-refractivity contribution is 7.99. The lowest BCUT2D eigenvalue weighted by Crippen LogP contribution is -2.38. The van der Waals surface area contributed by atoms with E-state index in [1.54, 1.807) is 23.9 Å². The number of benzene rings is 1. The molecule has 0 bridgehead atoms. The Morgan fingerprint density at radius 2 is 1.88 bits per heavy atom. The van der Waals surface area contributed by atoms with Crippen LogP contribution in [0.3, 0.4) is 0 Å². The molecule has 9 heteroatoms. The van der Waals surface area contributed by atoms with E-state index in [0.717, 1.165) is 17.1 Å². The number of nitrogens with zero attached hydrogens (tertiary/aromatic N) is 3. The Labute approximate surface area is 157 Å². The summed E-state index contributed by atoms with van der Waals surface area (Å²) in [6, 6.07) is 7.34.